The van der Waals surface area contributed by atoms with Crippen molar-refractivity contribution in [3.63, 3.8) is 0 Å². The van der Waals surface area contributed by atoms with Crippen LogP contribution in [0.25, 0.3) is 11.5 Å². The first-order chi connectivity index (χ1) is 9.16. The molecule has 0 aliphatic carbocycles. The molecule has 1 amide bonds. The number of halogens is 1. The summed E-state index contributed by atoms with van der Waals surface area (Å²) in [6.45, 7) is 0.375. The SMILES string of the molecule is O=C(Cl)CCCNC(=O)c1cc(-c2ccco2)[nH]n1. The van der Waals surface area contributed by atoms with Gasteiger partial charge in [0.15, 0.2) is 11.5 Å². The number of aromatic amines is 1. The molecular weight excluding hydrogens is 270 g/mol. The van der Waals surface area contributed by atoms with E-state index in [2.05, 4.69) is 15.5 Å². The number of aromatic nitrogens is 2. The Morgan fingerprint density at radius 3 is 3.00 bits per heavy atom. The molecule has 0 aliphatic heterocycles. The van der Waals surface area contributed by atoms with Gasteiger partial charge in [-0.25, -0.2) is 0 Å². The van der Waals surface area contributed by atoms with E-state index in [0.29, 0.717) is 24.4 Å². The second-order valence-corrected chi connectivity index (χ2v) is 4.28. The van der Waals surface area contributed by atoms with Crippen molar-refractivity contribution >= 4 is 22.8 Å². The van der Waals surface area contributed by atoms with Crippen molar-refractivity contribution in [3.8, 4) is 11.5 Å². The van der Waals surface area contributed by atoms with Crippen LogP contribution in [0.1, 0.15) is 23.3 Å². The van der Waals surface area contributed by atoms with E-state index in [-0.39, 0.29) is 18.0 Å². The highest BCUT2D eigenvalue weighted by molar-refractivity contribution is 6.63. The minimum Gasteiger partial charge on any atom is -0.463 e. The number of amides is 1. The third-order valence-corrected chi connectivity index (χ3v) is 2.62. The van der Waals surface area contributed by atoms with Gasteiger partial charge in [-0.15, -0.1) is 0 Å². The molecule has 0 unspecified atom stereocenters. The summed E-state index contributed by atoms with van der Waals surface area (Å²) in [7, 11) is 0. The van der Waals surface area contributed by atoms with Crippen molar-refractivity contribution < 1.29 is 14.0 Å². The second-order valence-electron chi connectivity index (χ2n) is 3.86. The largest absolute Gasteiger partial charge is 0.463 e. The van der Waals surface area contributed by atoms with Crippen LogP contribution in [0, 0.1) is 0 Å². The Morgan fingerprint density at radius 1 is 1.47 bits per heavy atom. The molecule has 2 aromatic rings. The third-order valence-electron chi connectivity index (χ3n) is 2.43. The van der Waals surface area contributed by atoms with Crippen molar-refractivity contribution in [2.45, 2.75) is 12.8 Å². The summed E-state index contributed by atoms with van der Waals surface area (Å²) in [6, 6.07) is 5.11. The molecular formula is C12H12ClN3O3. The Kier molecular flexibility index (Phi) is 4.35. The molecule has 0 radical (unpaired) electrons. The Bertz CT molecular complexity index is 563. The Morgan fingerprint density at radius 2 is 2.32 bits per heavy atom. The summed E-state index contributed by atoms with van der Waals surface area (Å²) in [6.07, 6.45) is 2.28. The van der Waals surface area contributed by atoms with E-state index in [0.717, 1.165) is 0 Å². The van der Waals surface area contributed by atoms with E-state index in [4.69, 9.17) is 16.0 Å². The number of carbonyl (C=O) groups excluding carboxylic acids is 2. The van der Waals surface area contributed by atoms with Gasteiger partial charge in [-0.1, -0.05) is 0 Å². The van der Waals surface area contributed by atoms with Gasteiger partial charge in [0.05, 0.1) is 6.26 Å². The average Bonchev–Trinajstić information content (AvgIpc) is 3.03. The van der Waals surface area contributed by atoms with Gasteiger partial charge in [-0.2, -0.15) is 5.10 Å². The predicted octanol–water partition coefficient (Wildman–Crippen LogP) is 1.95. The standard InChI is InChI=1S/C12H12ClN3O3/c13-11(17)4-1-5-14-12(18)9-7-8(15-16-9)10-3-2-6-19-10/h2-3,6-7H,1,4-5H2,(H,14,18)(H,15,16). The summed E-state index contributed by atoms with van der Waals surface area (Å²) >= 11 is 5.19. The fourth-order valence-electron chi connectivity index (χ4n) is 1.52. The van der Waals surface area contributed by atoms with Gasteiger partial charge in [-0.05, 0) is 30.2 Å². The van der Waals surface area contributed by atoms with Crippen molar-refractivity contribution in [3.05, 3.63) is 30.2 Å². The molecule has 6 nitrogen and oxygen atoms in total. The topological polar surface area (TPSA) is 88.0 Å². The lowest BCUT2D eigenvalue weighted by atomic mass is 10.3. The number of hydrogen-bond acceptors (Lipinski definition) is 4. The molecule has 19 heavy (non-hydrogen) atoms. The van der Waals surface area contributed by atoms with Crippen molar-refractivity contribution in [1.29, 1.82) is 0 Å². The van der Waals surface area contributed by atoms with Gasteiger partial charge in [0.2, 0.25) is 5.24 Å². The quantitative estimate of drug-likeness (QED) is 0.626. The Hall–Kier alpha value is -2.08. The maximum absolute atomic E-state index is 11.7. The molecule has 2 N–H and O–H groups in total. The van der Waals surface area contributed by atoms with E-state index in [9.17, 15) is 9.59 Å². The van der Waals surface area contributed by atoms with Crippen LogP contribution in [0.15, 0.2) is 28.9 Å². The van der Waals surface area contributed by atoms with Crippen LogP contribution in [0.3, 0.4) is 0 Å². The highest BCUT2D eigenvalue weighted by Crippen LogP contribution is 2.17. The van der Waals surface area contributed by atoms with Crippen molar-refractivity contribution in [2.75, 3.05) is 6.54 Å². The summed E-state index contributed by atoms with van der Waals surface area (Å²) in [5, 5.41) is 8.86. The summed E-state index contributed by atoms with van der Waals surface area (Å²) < 4.78 is 5.18. The summed E-state index contributed by atoms with van der Waals surface area (Å²) in [5.41, 5.74) is 0.898. The minimum atomic E-state index is -0.408. The van der Waals surface area contributed by atoms with E-state index in [1.165, 1.54) is 0 Å². The lowest BCUT2D eigenvalue weighted by Gasteiger charge is -2.00. The summed E-state index contributed by atoms with van der Waals surface area (Å²) in [4.78, 5) is 22.2. The number of carbonyl (C=O) groups is 2. The first-order valence-corrected chi connectivity index (χ1v) is 6.10. The van der Waals surface area contributed by atoms with Gasteiger partial charge in [0.1, 0.15) is 5.69 Å². The number of H-pyrrole nitrogens is 1. The fourth-order valence-corrected chi connectivity index (χ4v) is 1.65. The molecule has 0 saturated heterocycles. The third kappa shape index (κ3) is 3.69. The van der Waals surface area contributed by atoms with Gasteiger partial charge >= 0.3 is 0 Å². The van der Waals surface area contributed by atoms with Crippen LogP contribution in [0.2, 0.25) is 0 Å². The van der Waals surface area contributed by atoms with E-state index >= 15 is 0 Å². The van der Waals surface area contributed by atoms with Gasteiger partial charge in [0.25, 0.3) is 5.91 Å². The van der Waals surface area contributed by atoms with Gasteiger partial charge < -0.3 is 9.73 Å². The lowest BCUT2D eigenvalue weighted by Crippen LogP contribution is -2.25. The number of rotatable bonds is 6. The molecule has 2 aromatic heterocycles. The molecule has 0 saturated carbocycles. The van der Waals surface area contributed by atoms with Crippen LogP contribution in [-0.2, 0) is 4.79 Å². The maximum atomic E-state index is 11.7. The van der Waals surface area contributed by atoms with Crippen LogP contribution in [0.5, 0.6) is 0 Å². The van der Waals surface area contributed by atoms with Gasteiger partial charge in [0, 0.05) is 19.0 Å². The predicted molar refractivity (Wildman–Crippen MR) is 68.7 cm³/mol. The molecule has 0 atom stereocenters. The van der Waals surface area contributed by atoms with E-state index < -0.39 is 5.24 Å². The van der Waals surface area contributed by atoms with Crippen LogP contribution in [0.4, 0.5) is 0 Å². The molecule has 0 spiro atoms. The molecule has 7 heteroatoms. The molecule has 0 fully saturated rings. The highest BCUT2D eigenvalue weighted by Gasteiger charge is 2.12. The molecule has 2 heterocycles. The first-order valence-electron chi connectivity index (χ1n) is 5.72. The lowest BCUT2D eigenvalue weighted by molar-refractivity contribution is -0.111. The van der Waals surface area contributed by atoms with Crippen LogP contribution < -0.4 is 5.32 Å². The van der Waals surface area contributed by atoms with Crippen molar-refractivity contribution in [2.24, 2.45) is 0 Å². The normalized spacial score (nSPS) is 10.4. The maximum Gasteiger partial charge on any atom is 0.271 e. The van der Waals surface area contributed by atoms with Crippen LogP contribution in [-0.4, -0.2) is 27.9 Å². The van der Waals surface area contributed by atoms with E-state index in [1.807, 2.05) is 0 Å². The zero-order valence-electron chi connectivity index (χ0n) is 9.98. The monoisotopic (exact) mass is 281 g/mol. The average molecular weight is 282 g/mol. The number of hydrogen-bond donors (Lipinski definition) is 2. The first kappa shape index (κ1) is 13.4. The van der Waals surface area contributed by atoms with Gasteiger partial charge in [-0.3, -0.25) is 14.7 Å². The zero-order chi connectivity index (χ0) is 13.7. The van der Waals surface area contributed by atoms with E-state index in [1.54, 1.807) is 24.5 Å². The minimum absolute atomic E-state index is 0.236. The molecule has 100 valence electrons. The zero-order valence-corrected chi connectivity index (χ0v) is 10.7. The van der Waals surface area contributed by atoms with Crippen LogP contribution >= 0.6 is 11.6 Å². The Labute approximate surface area is 114 Å². The second kappa shape index (κ2) is 6.19. The number of nitrogens with zero attached hydrogens (tertiary/aromatic N) is 1. The summed E-state index contributed by atoms with van der Waals surface area (Å²) in [5.74, 6) is 0.301. The molecule has 0 aromatic carbocycles. The number of nitrogens with one attached hydrogen (secondary N) is 2. The Balaban J connectivity index is 1.88. The smallest absolute Gasteiger partial charge is 0.271 e. The molecule has 2 rings (SSSR count). The highest BCUT2D eigenvalue weighted by atomic mass is 35.5. The van der Waals surface area contributed by atoms with Crippen molar-refractivity contribution in [1.82, 2.24) is 15.5 Å². The number of furan rings is 1. The molecule has 0 aliphatic rings. The fraction of sp³-hybridized carbons (Fsp3) is 0.250. The molecule has 0 bridgehead atoms.